The summed E-state index contributed by atoms with van der Waals surface area (Å²) in [5.41, 5.74) is 1.43. The second kappa shape index (κ2) is 7.56. The third-order valence-electron chi connectivity index (χ3n) is 6.39. The predicted octanol–water partition coefficient (Wildman–Crippen LogP) is 3.40. The lowest BCUT2D eigenvalue weighted by Gasteiger charge is -2.54. The monoisotopic (exact) mass is 442 g/mol. The largest absolute Gasteiger partial charge is 0.449 e. The summed E-state index contributed by atoms with van der Waals surface area (Å²) in [5.74, 6) is -2.12. The van der Waals surface area contributed by atoms with Gasteiger partial charge in [-0.2, -0.15) is 0 Å². The van der Waals surface area contributed by atoms with E-state index in [-0.39, 0.29) is 37.8 Å². The van der Waals surface area contributed by atoms with Crippen molar-refractivity contribution < 1.29 is 33.0 Å². The van der Waals surface area contributed by atoms with Crippen molar-refractivity contribution in [3.63, 3.8) is 0 Å². The average molecular weight is 443 g/mol. The molecule has 6 rings (SSSR count). The molecule has 32 heavy (non-hydrogen) atoms. The van der Waals surface area contributed by atoms with Crippen molar-refractivity contribution in [3.05, 3.63) is 59.7 Å². The molecule has 3 aliphatic heterocycles. The van der Waals surface area contributed by atoms with Gasteiger partial charge >= 0.3 is 12.1 Å². The Morgan fingerprint density at radius 1 is 1.16 bits per heavy atom. The minimum atomic E-state index is -2.88. The SMILES string of the molecule is [2H]C([2H])([2H])[C@@](C)(O)[C@H](NC(=O)OCC1c2ccccc2-c2ccccc21)C12OCC(C)(CO1)CO2. The number of ether oxygens (including phenoxy) is 4. The van der Waals surface area contributed by atoms with Gasteiger partial charge in [0, 0.05) is 15.4 Å². The summed E-state index contributed by atoms with van der Waals surface area (Å²) >= 11 is 0. The van der Waals surface area contributed by atoms with E-state index in [0.717, 1.165) is 29.2 Å². The maximum Gasteiger partial charge on any atom is 0.407 e. The van der Waals surface area contributed by atoms with Gasteiger partial charge in [0.2, 0.25) is 0 Å². The number of benzene rings is 2. The van der Waals surface area contributed by atoms with E-state index in [1.807, 2.05) is 55.5 Å². The molecule has 2 aromatic carbocycles. The average Bonchev–Trinajstić information content (AvgIpc) is 3.15. The molecule has 0 spiro atoms. The highest BCUT2D eigenvalue weighted by atomic mass is 16.9. The molecule has 1 aliphatic carbocycles. The van der Waals surface area contributed by atoms with Crippen molar-refractivity contribution in [2.45, 2.75) is 44.2 Å². The molecule has 4 aliphatic rings. The first-order valence-corrected chi connectivity index (χ1v) is 10.7. The van der Waals surface area contributed by atoms with Gasteiger partial charge in [0.1, 0.15) is 12.6 Å². The fourth-order valence-corrected chi connectivity index (χ4v) is 4.66. The lowest BCUT2D eigenvalue weighted by molar-refractivity contribution is -0.481. The topological polar surface area (TPSA) is 86.3 Å². The lowest BCUT2D eigenvalue weighted by atomic mass is 9.88. The number of carbonyl (C=O) groups excluding carboxylic acids is 1. The van der Waals surface area contributed by atoms with Crippen LogP contribution in [0.2, 0.25) is 0 Å². The molecule has 7 heteroatoms. The van der Waals surface area contributed by atoms with Crippen molar-refractivity contribution in [1.29, 1.82) is 0 Å². The zero-order chi connectivity index (χ0) is 25.1. The van der Waals surface area contributed by atoms with E-state index in [4.69, 9.17) is 23.1 Å². The molecule has 3 saturated heterocycles. The summed E-state index contributed by atoms with van der Waals surface area (Å²) in [7, 11) is 0. The quantitative estimate of drug-likeness (QED) is 0.738. The van der Waals surface area contributed by atoms with Crippen LogP contribution in [0.1, 0.15) is 41.9 Å². The molecule has 3 heterocycles. The summed E-state index contributed by atoms with van der Waals surface area (Å²) in [6.45, 7) is 0.841. The van der Waals surface area contributed by atoms with Gasteiger partial charge in [0.05, 0.1) is 25.4 Å². The van der Waals surface area contributed by atoms with Crippen molar-refractivity contribution in [2.75, 3.05) is 26.4 Å². The first-order chi connectivity index (χ1) is 16.5. The molecular formula is C25H29NO6. The zero-order valence-electron chi connectivity index (χ0n) is 21.1. The van der Waals surface area contributed by atoms with E-state index in [1.165, 1.54) is 0 Å². The molecule has 3 fully saturated rings. The second-order valence-corrected chi connectivity index (χ2v) is 9.33. The van der Waals surface area contributed by atoms with Gasteiger partial charge in [0.25, 0.3) is 0 Å². The molecule has 7 nitrogen and oxygen atoms in total. The third-order valence-corrected chi connectivity index (χ3v) is 6.39. The zero-order valence-corrected chi connectivity index (χ0v) is 18.1. The Balaban J connectivity index is 1.36. The molecule has 1 amide bonds. The smallest absolute Gasteiger partial charge is 0.407 e. The fraction of sp³-hybridized carbons (Fsp3) is 0.480. The van der Waals surface area contributed by atoms with Gasteiger partial charge < -0.3 is 29.4 Å². The van der Waals surface area contributed by atoms with Crippen molar-refractivity contribution in [2.24, 2.45) is 5.41 Å². The molecule has 0 aromatic heterocycles. The highest BCUT2D eigenvalue weighted by molar-refractivity contribution is 5.79. The Morgan fingerprint density at radius 3 is 2.22 bits per heavy atom. The highest BCUT2D eigenvalue weighted by Gasteiger charge is 2.59. The maximum atomic E-state index is 13.0. The van der Waals surface area contributed by atoms with E-state index in [9.17, 15) is 9.90 Å². The van der Waals surface area contributed by atoms with E-state index < -0.39 is 30.6 Å². The number of hydrogen-bond acceptors (Lipinski definition) is 6. The molecule has 170 valence electrons. The van der Waals surface area contributed by atoms with Crippen LogP contribution in [0.25, 0.3) is 11.1 Å². The van der Waals surface area contributed by atoms with Crippen LogP contribution in [0.3, 0.4) is 0 Å². The number of carbonyl (C=O) groups is 1. The van der Waals surface area contributed by atoms with E-state index in [2.05, 4.69) is 5.32 Å². The van der Waals surface area contributed by atoms with Crippen molar-refractivity contribution >= 4 is 6.09 Å². The standard InChI is InChI=1S/C25H29NO6/c1-23(2,28)21(25-30-13-24(3,14-31-25)15-32-25)26-22(27)29-12-20-18-10-6-4-8-16(18)17-9-5-7-11-19(17)20/h4-11,20-21,28H,12-15H2,1-3H3,(H,26,27)/t21-,24?,25?/m0/s1/i1D3/t21-,23-,24?,25?. The number of nitrogens with one attached hydrogen (secondary N) is 1. The van der Waals surface area contributed by atoms with Gasteiger partial charge in [-0.15, -0.1) is 0 Å². The minimum absolute atomic E-state index is 0.0239. The molecule has 2 aromatic rings. The summed E-state index contributed by atoms with van der Waals surface area (Å²) < 4.78 is 46.5. The highest BCUT2D eigenvalue weighted by Crippen LogP contribution is 2.45. The van der Waals surface area contributed by atoms with Gasteiger partial charge in [-0.1, -0.05) is 55.5 Å². The Morgan fingerprint density at radius 2 is 1.69 bits per heavy atom. The molecule has 0 saturated carbocycles. The van der Waals surface area contributed by atoms with Gasteiger partial charge in [-0.05, 0) is 36.0 Å². The Labute approximate surface area is 191 Å². The van der Waals surface area contributed by atoms with Crippen LogP contribution in [0, 0.1) is 5.41 Å². The minimum Gasteiger partial charge on any atom is -0.449 e. The van der Waals surface area contributed by atoms with Crippen LogP contribution in [0.15, 0.2) is 48.5 Å². The number of hydrogen-bond donors (Lipinski definition) is 2. The second-order valence-electron chi connectivity index (χ2n) is 9.33. The van der Waals surface area contributed by atoms with Crippen LogP contribution in [-0.4, -0.2) is 55.2 Å². The third kappa shape index (κ3) is 3.59. The van der Waals surface area contributed by atoms with Gasteiger partial charge in [-0.25, -0.2) is 4.79 Å². The van der Waals surface area contributed by atoms with Gasteiger partial charge in [0.15, 0.2) is 0 Å². The van der Waals surface area contributed by atoms with Crippen molar-refractivity contribution in [1.82, 2.24) is 5.32 Å². The Bertz CT molecular complexity index is 1060. The molecule has 2 N–H and O–H groups in total. The molecular weight excluding hydrogens is 410 g/mol. The predicted molar refractivity (Wildman–Crippen MR) is 117 cm³/mol. The number of rotatable bonds is 5. The first kappa shape index (κ1) is 18.0. The summed E-state index contributed by atoms with van der Waals surface area (Å²) in [4.78, 5) is 13.0. The number of aliphatic hydroxyl groups is 1. The van der Waals surface area contributed by atoms with Crippen LogP contribution in [-0.2, 0) is 18.9 Å². The first-order valence-electron chi connectivity index (χ1n) is 12.2. The summed E-state index contributed by atoms with van der Waals surface area (Å²) in [5, 5.41) is 13.5. The number of amides is 1. The van der Waals surface area contributed by atoms with Gasteiger partial charge in [-0.3, -0.25) is 0 Å². The lowest BCUT2D eigenvalue weighted by Crippen LogP contribution is -2.72. The van der Waals surface area contributed by atoms with Crippen LogP contribution < -0.4 is 5.32 Å². The van der Waals surface area contributed by atoms with Crippen LogP contribution >= 0.6 is 0 Å². The molecule has 2 bridgehead atoms. The van der Waals surface area contributed by atoms with E-state index >= 15 is 0 Å². The molecule has 2 atom stereocenters. The number of alkyl carbamates (subject to hydrolysis) is 1. The maximum absolute atomic E-state index is 13.0. The van der Waals surface area contributed by atoms with E-state index in [0.29, 0.717) is 0 Å². The van der Waals surface area contributed by atoms with Crippen LogP contribution in [0.4, 0.5) is 4.79 Å². The molecule has 0 unspecified atom stereocenters. The number of fused-ring (bicyclic) bond motifs is 6. The van der Waals surface area contributed by atoms with Crippen molar-refractivity contribution in [3.8, 4) is 11.1 Å². The Kier molecular flexibility index (Phi) is 4.26. The summed E-state index contributed by atoms with van der Waals surface area (Å²) in [6.07, 6.45) is -0.912. The molecule has 0 radical (unpaired) electrons. The fourth-order valence-electron chi connectivity index (χ4n) is 4.66. The Hall–Kier alpha value is -2.45. The normalized spacial score (nSPS) is 30.8. The van der Waals surface area contributed by atoms with Crippen LogP contribution in [0.5, 0.6) is 0 Å². The van der Waals surface area contributed by atoms with E-state index in [1.54, 1.807) is 0 Å². The summed E-state index contributed by atoms with van der Waals surface area (Å²) in [6, 6.07) is 14.3.